The van der Waals surface area contributed by atoms with Crippen molar-refractivity contribution in [1.29, 1.82) is 0 Å². The Morgan fingerprint density at radius 2 is 2.06 bits per heavy atom. The molecule has 0 fully saturated rings. The molecule has 0 aromatic carbocycles. The van der Waals surface area contributed by atoms with Gasteiger partial charge < -0.3 is 10.1 Å². The van der Waals surface area contributed by atoms with E-state index in [0.717, 1.165) is 33.9 Å². The molecule has 1 aromatic rings. The van der Waals surface area contributed by atoms with Crippen LogP contribution in [-0.4, -0.2) is 23.6 Å². The zero-order valence-corrected chi connectivity index (χ0v) is 13.0. The number of nitrogens with zero attached hydrogens (tertiary/aromatic N) is 2. The molecular weight excluding hydrogens is 329 g/mol. The number of ether oxygens (including phenoxy) is 1. The van der Waals surface area contributed by atoms with Crippen molar-refractivity contribution < 1.29 is 4.74 Å². The van der Waals surface area contributed by atoms with E-state index in [1.807, 2.05) is 0 Å². The Hall–Kier alpha value is -0.430. The highest BCUT2D eigenvalue weighted by Crippen LogP contribution is 2.20. The van der Waals surface area contributed by atoms with E-state index in [9.17, 15) is 0 Å². The van der Waals surface area contributed by atoms with Gasteiger partial charge in [0.05, 0.1) is 15.9 Å². The van der Waals surface area contributed by atoms with Crippen molar-refractivity contribution in [2.75, 3.05) is 19.0 Å². The summed E-state index contributed by atoms with van der Waals surface area (Å²) in [6.07, 6.45) is 0.895. The van der Waals surface area contributed by atoms with Crippen molar-refractivity contribution in [1.82, 2.24) is 9.97 Å². The van der Waals surface area contributed by atoms with E-state index in [0.29, 0.717) is 12.5 Å². The highest BCUT2D eigenvalue weighted by Gasteiger charge is 2.12. The van der Waals surface area contributed by atoms with Gasteiger partial charge in [-0.2, -0.15) is 0 Å². The molecule has 0 aliphatic rings. The zero-order valence-electron chi connectivity index (χ0n) is 10.9. The van der Waals surface area contributed by atoms with E-state index < -0.39 is 0 Å². The lowest BCUT2D eigenvalue weighted by atomic mass is 10.1. The number of aromatic nitrogens is 2. The van der Waals surface area contributed by atoms with Gasteiger partial charge in [0.1, 0.15) is 11.6 Å². The monoisotopic (exact) mass is 349 g/mol. The minimum atomic E-state index is 0.532. The van der Waals surface area contributed by atoms with Crippen LogP contribution in [0.3, 0.4) is 0 Å². The van der Waals surface area contributed by atoms with Gasteiger partial charge >= 0.3 is 0 Å². The fraction of sp³-hybridized carbons (Fsp3) is 0.667. The van der Waals surface area contributed by atoms with Crippen molar-refractivity contribution in [2.24, 2.45) is 5.92 Å². The summed E-state index contributed by atoms with van der Waals surface area (Å²) in [4.78, 5) is 9.12. The lowest BCUT2D eigenvalue weighted by Gasteiger charge is -2.12. The highest BCUT2D eigenvalue weighted by molar-refractivity contribution is 14.1. The molecule has 0 aliphatic carbocycles. The van der Waals surface area contributed by atoms with Gasteiger partial charge in [-0.3, -0.25) is 0 Å². The molecule has 0 saturated carbocycles. The third-order valence-electron chi connectivity index (χ3n) is 2.18. The maximum absolute atomic E-state index is 5.18. The van der Waals surface area contributed by atoms with Gasteiger partial charge in [-0.15, -0.1) is 0 Å². The second kappa shape index (κ2) is 7.10. The third kappa shape index (κ3) is 4.39. The largest absolute Gasteiger partial charge is 0.378 e. The summed E-state index contributed by atoms with van der Waals surface area (Å²) in [6.45, 7) is 7.80. The molecule has 1 N–H and O–H groups in total. The number of anilines is 1. The van der Waals surface area contributed by atoms with Crippen molar-refractivity contribution in [3.05, 3.63) is 15.1 Å². The van der Waals surface area contributed by atoms with Gasteiger partial charge in [0.2, 0.25) is 0 Å². The van der Waals surface area contributed by atoms with Crippen LogP contribution in [0.1, 0.15) is 32.3 Å². The average Bonchev–Trinajstić information content (AvgIpc) is 2.24. The fourth-order valence-electron chi connectivity index (χ4n) is 1.52. The molecule has 1 rings (SSSR count). The molecule has 4 nitrogen and oxygen atoms in total. The standard InChI is InChI=1S/C12H20IN3O/c1-5-14-12-11(13)9(7-17-4)15-10(16-12)6-8(2)3/h8H,5-7H2,1-4H3,(H,14,15,16). The van der Waals surface area contributed by atoms with E-state index in [-0.39, 0.29) is 0 Å². The summed E-state index contributed by atoms with van der Waals surface area (Å²) in [5.74, 6) is 2.37. The summed E-state index contributed by atoms with van der Waals surface area (Å²) in [5, 5.41) is 3.27. The van der Waals surface area contributed by atoms with Gasteiger partial charge in [0, 0.05) is 20.1 Å². The SMILES string of the molecule is CCNc1nc(CC(C)C)nc(COC)c1I. The van der Waals surface area contributed by atoms with Crippen molar-refractivity contribution in [2.45, 2.75) is 33.8 Å². The van der Waals surface area contributed by atoms with Crippen LogP contribution in [0.15, 0.2) is 0 Å². The summed E-state index contributed by atoms with van der Waals surface area (Å²) in [5.41, 5.74) is 0.967. The number of rotatable bonds is 6. The summed E-state index contributed by atoms with van der Waals surface area (Å²) < 4.78 is 6.23. The lowest BCUT2D eigenvalue weighted by Crippen LogP contribution is -2.11. The second-order valence-corrected chi connectivity index (χ2v) is 5.39. The Morgan fingerprint density at radius 3 is 2.59 bits per heavy atom. The van der Waals surface area contributed by atoms with Gasteiger partial charge in [-0.25, -0.2) is 9.97 Å². The molecule has 0 unspecified atom stereocenters. The van der Waals surface area contributed by atoms with Crippen LogP contribution >= 0.6 is 22.6 Å². The number of halogens is 1. The molecule has 0 aliphatic heterocycles. The molecule has 0 bridgehead atoms. The normalized spacial score (nSPS) is 10.9. The van der Waals surface area contributed by atoms with Crippen LogP contribution in [0, 0.1) is 9.49 Å². The fourth-order valence-corrected chi connectivity index (χ4v) is 2.11. The van der Waals surface area contributed by atoms with Crippen LogP contribution in [0.5, 0.6) is 0 Å². The van der Waals surface area contributed by atoms with E-state index >= 15 is 0 Å². The maximum atomic E-state index is 5.18. The highest BCUT2D eigenvalue weighted by atomic mass is 127. The van der Waals surface area contributed by atoms with Gasteiger partial charge in [-0.1, -0.05) is 13.8 Å². The first-order valence-electron chi connectivity index (χ1n) is 5.86. The smallest absolute Gasteiger partial charge is 0.143 e. The number of methoxy groups -OCH3 is 1. The average molecular weight is 349 g/mol. The Kier molecular flexibility index (Phi) is 6.11. The molecule has 17 heavy (non-hydrogen) atoms. The molecule has 1 heterocycles. The molecule has 1 aromatic heterocycles. The van der Waals surface area contributed by atoms with Crippen molar-refractivity contribution >= 4 is 28.4 Å². The number of nitrogens with one attached hydrogen (secondary N) is 1. The lowest BCUT2D eigenvalue weighted by molar-refractivity contribution is 0.180. The quantitative estimate of drug-likeness (QED) is 0.803. The first kappa shape index (κ1) is 14.6. The van der Waals surface area contributed by atoms with Crippen molar-refractivity contribution in [3.8, 4) is 0 Å². The maximum Gasteiger partial charge on any atom is 0.143 e. The minimum absolute atomic E-state index is 0.532. The Labute approximate surface area is 117 Å². The minimum Gasteiger partial charge on any atom is -0.378 e. The van der Waals surface area contributed by atoms with E-state index in [2.05, 4.69) is 58.6 Å². The Morgan fingerprint density at radius 1 is 1.35 bits per heavy atom. The van der Waals surface area contributed by atoms with Crippen molar-refractivity contribution in [3.63, 3.8) is 0 Å². The van der Waals surface area contributed by atoms with E-state index in [4.69, 9.17) is 4.74 Å². The molecule has 5 heteroatoms. The predicted molar refractivity (Wildman–Crippen MR) is 78.2 cm³/mol. The first-order valence-corrected chi connectivity index (χ1v) is 6.94. The Balaban J connectivity index is 3.06. The molecule has 0 saturated heterocycles. The molecule has 0 amide bonds. The van der Waals surface area contributed by atoms with Crippen LogP contribution in [0.4, 0.5) is 5.82 Å². The van der Waals surface area contributed by atoms with E-state index in [1.54, 1.807) is 7.11 Å². The Bertz CT molecular complexity index is 342. The molecular formula is C12H20IN3O. The molecule has 0 radical (unpaired) electrons. The molecule has 0 atom stereocenters. The van der Waals surface area contributed by atoms with Crippen LogP contribution in [0.25, 0.3) is 0 Å². The first-order chi connectivity index (χ1) is 8.08. The predicted octanol–water partition coefficient (Wildman–Crippen LogP) is 2.86. The number of hydrogen-bond acceptors (Lipinski definition) is 4. The summed E-state index contributed by atoms with van der Waals surface area (Å²) >= 11 is 2.27. The molecule has 96 valence electrons. The van der Waals surface area contributed by atoms with Gasteiger partial charge in [0.15, 0.2) is 0 Å². The number of hydrogen-bond donors (Lipinski definition) is 1. The second-order valence-electron chi connectivity index (χ2n) is 4.31. The zero-order chi connectivity index (χ0) is 12.8. The summed E-state index contributed by atoms with van der Waals surface area (Å²) in [6, 6.07) is 0. The van der Waals surface area contributed by atoms with E-state index in [1.165, 1.54) is 0 Å². The topological polar surface area (TPSA) is 47.0 Å². The third-order valence-corrected chi connectivity index (χ3v) is 3.32. The van der Waals surface area contributed by atoms with Gasteiger partial charge in [-0.05, 0) is 35.4 Å². The summed E-state index contributed by atoms with van der Waals surface area (Å²) in [7, 11) is 1.69. The van der Waals surface area contributed by atoms with Crippen LogP contribution in [0.2, 0.25) is 0 Å². The molecule has 0 spiro atoms. The van der Waals surface area contributed by atoms with Crippen LogP contribution < -0.4 is 5.32 Å². The van der Waals surface area contributed by atoms with Gasteiger partial charge in [0.25, 0.3) is 0 Å². The van der Waals surface area contributed by atoms with Crippen LogP contribution in [-0.2, 0) is 17.8 Å².